The minimum atomic E-state index is -3.80. The highest BCUT2D eigenvalue weighted by Gasteiger charge is 2.24. The summed E-state index contributed by atoms with van der Waals surface area (Å²) >= 11 is 0. The lowest BCUT2D eigenvalue weighted by atomic mass is 10.1. The van der Waals surface area contributed by atoms with E-state index in [0.717, 1.165) is 37.2 Å². The number of rotatable bonds is 6. The monoisotopic (exact) mass is 388 g/mol. The molecule has 1 saturated heterocycles. The quantitative estimate of drug-likeness (QED) is 0.823. The molecule has 144 valence electrons. The first-order valence-corrected chi connectivity index (χ1v) is 10.4. The van der Waals surface area contributed by atoms with Crippen LogP contribution in [-0.2, 0) is 16.6 Å². The lowest BCUT2D eigenvalue weighted by Gasteiger charge is -2.24. The molecule has 27 heavy (non-hydrogen) atoms. The molecule has 0 amide bonds. The number of benzene rings is 2. The summed E-state index contributed by atoms with van der Waals surface area (Å²) in [6, 6.07) is 12.1. The molecule has 0 bridgehead atoms. The van der Waals surface area contributed by atoms with Crippen molar-refractivity contribution in [3.8, 4) is 0 Å². The normalized spacial score (nSPS) is 14.7. The second-order valence-corrected chi connectivity index (χ2v) is 8.91. The molecule has 0 radical (unpaired) electrons. The topological polar surface area (TPSA) is 77.9 Å². The summed E-state index contributed by atoms with van der Waals surface area (Å²) < 4.78 is 27.2. The Morgan fingerprint density at radius 2 is 1.81 bits per heavy atom. The van der Waals surface area contributed by atoms with Gasteiger partial charge < -0.3 is 10.0 Å². The second-order valence-electron chi connectivity index (χ2n) is 6.87. The van der Waals surface area contributed by atoms with Crippen molar-refractivity contribution >= 4 is 21.7 Å². The number of aromatic carboxylic acids is 1. The molecule has 0 aliphatic carbocycles. The Bertz CT molecular complexity index is 950. The standard InChI is InChI=1S/C20H24N2O4S/c1-15-9-10-17(13-18(15)20(23)24)27(25,26)21(2)14-16-7-3-4-8-19(16)22-11-5-6-12-22/h3-4,7-10,13H,5-6,11-12,14H2,1-2H3,(H,23,24). The molecule has 0 spiro atoms. The van der Waals surface area contributed by atoms with Gasteiger partial charge in [-0.3, -0.25) is 0 Å². The third-order valence-corrected chi connectivity index (χ3v) is 6.78. The third-order valence-electron chi connectivity index (χ3n) is 4.98. The highest BCUT2D eigenvalue weighted by atomic mass is 32.2. The van der Waals surface area contributed by atoms with Crippen molar-refractivity contribution in [1.82, 2.24) is 4.31 Å². The van der Waals surface area contributed by atoms with Crippen molar-refractivity contribution in [2.24, 2.45) is 0 Å². The average Bonchev–Trinajstić information content (AvgIpc) is 3.16. The molecule has 2 aromatic rings. The van der Waals surface area contributed by atoms with Crippen molar-refractivity contribution in [2.75, 3.05) is 25.0 Å². The smallest absolute Gasteiger partial charge is 0.335 e. The summed E-state index contributed by atoms with van der Waals surface area (Å²) in [6.07, 6.45) is 2.29. The molecule has 0 unspecified atom stereocenters. The number of para-hydroxylation sites is 1. The molecule has 1 aliphatic heterocycles. The van der Waals surface area contributed by atoms with Gasteiger partial charge >= 0.3 is 5.97 Å². The Morgan fingerprint density at radius 3 is 2.48 bits per heavy atom. The number of hydrogen-bond acceptors (Lipinski definition) is 4. The van der Waals surface area contributed by atoms with E-state index in [1.807, 2.05) is 24.3 Å². The van der Waals surface area contributed by atoms with Gasteiger partial charge in [-0.05, 0) is 49.1 Å². The highest BCUT2D eigenvalue weighted by molar-refractivity contribution is 7.89. The number of carbonyl (C=O) groups is 1. The molecule has 2 aromatic carbocycles. The van der Waals surface area contributed by atoms with Gasteiger partial charge in [0.15, 0.2) is 0 Å². The second kappa shape index (κ2) is 7.70. The van der Waals surface area contributed by atoms with Crippen LogP contribution in [0, 0.1) is 6.92 Å². The van der Waals surface area contributed by atoms with Crippen molar-refractivity contribution in [3.63, 3.8) is 0 Å². The van der Waals surface area contributed by atoms with E-state index in [0.29, 0.717) is 5.56 Å². The van der Waals surface area contributed by atoms with E-state index < -0.39 is 16.0 Å². The summed E-state index contributed by atoms with van der Waals surface area (Å²) in [4.78, 5) is 13.6. The third kappa shape index (κ3) is 3.99. The van der Waals surface area contributed by atoms with Gasteiger partial charge in [-0.25, -0.2) is 13.2 Å². The maximum Gasteiger partial charge on any atom is 0.335 e. The number of carboxylic acid groups (broad SMARTS) is 1. The predicted molar refractivity (Wildman–Crippen MR) is 105 cm³/mol. The Labute approximate surface area is 160 Å². The van der Waals surface area contributed by atoms with Crippen molar-refractivity contribution < 1.29 is 18.3 Å². The molecule has 3 rings (SSSR count). The number of anilines is 1. The molecule has 1 heterocycles. The van der Waals surface area contributed by atoms with Gasteiger partial charge in [0.2, 0.25) is 10.0 Å². The minimum Gasteiger partial charge on any atom is -0.478 e. The van der Waals surface area contributed by atoms with Gasteiger partial charge in [-0.15, -0.1) is 0 Å². The Kier molecular flexibility index (Phi) is 5.53. The number of carboxylic acids is 1. The van der Waals surface area contributed by atoms with Gasteiger partial charge in [0.25, 0.3) is 0 Å². The van der Waals surface area contributed by atoms with Crippen LogP contribution in [-0.4, -0.2) is 43.9 Å². The minimum absolute atomic E-state index is 0.00180. The molecule has 7 heteroatoms. The number of aryl methyl sites for hydroxylation is 1. The van der Waals surface area contributed by atoms with Gasteiger partial charge in [-0.1, -0.05) is 24.3 Å². The van der Waals surface area contributed by atoms with Crippen molar-refractivity contribution in [3.05, 3.63) is 59.2 Å². The van der Waals surface area contributed by atoms with Gasteiger partial charge in [0, 0.05) is 32.4 Å². The predicted octanol–water partition coefficient (Wildman–Crippen LogP) is 3.11. The first-order chi connectivity index (χ1) is 12.8. The van der Waals surface area contributed by atoms with Crippen LogP contribution in [0.3, 0.4) is 0 Å². The van der Waals surface area contributed by atoms with Crippen LogP contribution < -0.4 is 4.90 Å². The fourth-order valence-corrected chi connectivity index (χ4v) is 4.58. The fourth-order valence-electron chi connectivity index (χ4n) is 3.41. The number of nitrogens with zero attached hydrogens (tertiary/aromatic N) is 2. The van der Waals surface area contributed by atoms with Crippen LogP contribution in [0.4, 0.5) is 5.69 Å². The van der Waals surface area contributed by atoms with Gasteiger partial charge in [0.05, 0.1) is 10.5 Å². The van der Waals surface area contributed by atoms with Crippen LogP contribution in [0.2, 0.25) is 0 Å². The summed E-state index contributed by atoms with van der Waals surface area (Å²) in [7, 11) is -2.27. The number of hydrogen-bond donors (Lipinski definition) is 1. The van der Waals surface area contributed by atoms with Crippen LogP contribution in [0.5, 0.6) is 0 Å². The molecular formula is C20H24N2O4S. The zero-order chi connectivity index (χ0) is 19.6. The molecular weight excluding hydrogens is 364 g/mol. The largest absolute Gasteiger partial charge is 0.478 e. The first kappa shape index (κ1) is 19.4. The summed E-state index contributed by atoms with van der Waals surface area (Å²) in [5.74, 6) is -1.13. The van der Waals surface area contributed by atoms with E-state index in [1.54, 1.807) is 6.92 Å². The van der Waals surface area contributed by atoms with Crippen LogP contribution in [0.1, 0.15) is 34.3 Å². The van der Waals surface area contributed by atoms with Gasteiger partial charge in [-0.2, -0.15) is 4.31 Å². The molecule has 6 nitrogen and oxygen atoms in total. The molecule has 1 N–H and O–H groups in total. The Hall–Kier alpha value is -2.38. The Balaban J connectivity index is 1.89. The van der Waals surface area contributed by atoms with E-state index in [9.17, 15) is 18.3 Å². The molecule has 0 saturated carbocycles. The van der Waals surface area contributed by atoms with E-state index >= 15 is 0 Å². The van der Waals surface area contributed by atoms with Crippen LogP contribution in [0.15, 0.2) is 47.4 Å². The van der Waals surface area contributed by atoms with E-state index in [2.05, 4.69) is 4.90 Å². The maximum absolute atomic E-state index is 13.0. The van der Waals surface area contributed by atoms with E-state index in [1.165, 1.54) is 29.6 Å². The summed E-state index contributed by atoms with van der Waals surface area (Å²) in [5, 5.41) is 9.27. The van der Waals surface area contributed by atoms with Gasteiger partial charge in [0.1, 0.15) is 0 Å². The highest BCUT2D eigenvalue weighted by Crippen LogP contribution is 2.27. The SMILES string of the molecule is Cc1ccc(S(=O)(=O)N(C)Cc2ccccc2N2CCCC2)cc1C(=O)O. The first-order valence-electron chi connectivity index (χ1n) is 8.94. The average molecular weight is 388 g/mol. The fraction of sp³-hybridized carbons (Fsp3) is 0.350. The molecule has 0 atom stereocenters. The van der Waals surface area contributed by atoms with E-state index in [-0.39, 0.29) is 17.0 Å². The zero-order valence-electron chi connectivity index (χ0n) is 15.6. The summed E-state index contributed by atoms with van der Waals surface area (Å²) in [6.45, 7) is 3.84. The van der Waals surface area contributed by atoms with E-state index in [4.69, 9.17) is 0 Å². The molecule has 1 aliphatic rings. The zero-order valence-corrected chi connectivity index (χ0v) is 16.4. The van der Waals surface area contributed by atoms with Crippen molar-refractivity contribution in [1.29, 1.82) is 0 Å². The molecule has 1 fully saturated rings. The van der Waals surface area contributed by atoms with Crippen molar-refractivity contribution in [2.45, 2.75) is 31.2 Å². The Morgan fingerprint density at radius 1 is 1.15 bits per heavy atom. The van der Waals surface area contributed by atoms with Crippen LogP contribution >= 0.6 is 0 Å². The maximum atomic E-state index is 13.0. The lowest BCUT2D eigenvalue weighted by Crippen LogP contribution is -2.28. The molecule has 0 aromatic heterocycles. The lowest BCUT2D eigenvalue weighted by molar-refractivity contribution is 0.0696. The summed E-state index contributed by atoms with van der Waals surface area (Å²) in [5.41, 5.74) is 2.54. The van der Waals surface area contributed by atoms with Crippen LogP contribution in [0.25, 0.3) is 0 Å². The number of sulfonamides is 1.